The fraction of sp³-hybridized carbons (Fsp3) is 0.500. The number of nitrogens with one attached hydrogen (secondary N) is 2. The van der Waals surface area contributed by atoms with Gasteiger partial charge in [-0.15, -0.1) is 24.0 Å². The molecule has 156 valence electrons. The molecule has 5 nitrogen and oxygen atoms in total. The van der Waals surface area contributed by atoms with Crippen molar-refractivity contribution >= 4 is 41.5 Å². The van der Waals surface area contributed by atoms with E-state index in [1.54, 1.807) is 6.07 Å². The molecule has 0 bridgehead atoms. The Kier molecular flexibility index (Phi) is 10.2. The van der Waals surface area contributed by atoms with Crippen molar-refractivity contribution in [2.45, 2.75) is 46.6 Å². The van der Waals surface area contributed by atoms with Crippen molar-refractivity contribution in [3.63, 3.8) is 0 Å². The van der Waals surface area contributed by atoms with E-state index in [-0.39, 0.29) is 35.8 Å². The van der Waals surface area contributed by atoms with Crippen LogP contribution < -0.4 is 10.6 Å². The van der Waals surface area contributed by atoms with Crippen LogP contribution in [0.3, 0.4) is 0 Å². The Hall–Kier alpha value is -1.35. The molecule has 2 rings (SSSR count). The third-order valence-corrected chi connectivity index (χ3v) is 4.91. The van der Waals surface area contributed by atoms with Crippen molar-refractivity contribution < 1.29 is 4.39 Å². The van der Waals surface area contributed by atoms with Crippen LogP contribution in [0, 0.1) is 19.7 Å². The molecule has 0 spiro atoms. The molecule has 0 radical (unpaired) electrons. The summed E-state index contributed by atoms with van der Waals surface area (Å²) in [6.07, 6.45) is 1.53. The highest BCUT2D eigenvalue weighted by atomic mass is 127. The van der Waals surface area contributed by atoms with Crippen molar-refractivity contribution in [3.05, 3.63) is 51.6 Å². The molecule has 1 unspecified atom stereocenters. The van der Waals surface area contributed by atoms with Crippen molar-refractivity contribution in [1.82, 2.24) is 20.4 Å². The number of aromatic nitrogens is 2. The predicted molar refractivity (Wildman–Crippen MR) is 125 cm³/mol. The molecule has 0 aliphatic carbocycles. The molecule has 2 N–H and O–H groups in total. The summed E-state index contributed by atoms with van der Waals surface area (Å²) in [7, 11) is 1.97. The van der Waals surface area contributed by atoms with Crippen LogP contribution in [0.15, 0.2) is 23.2 Å². The van der Waals surface area contributed by atoms with E-state index < -0.39 is 0 Å². The van der Waals surface area contributed by atoms with Gasteiger partial charge in [-0.05, 0) is 63.8 Å². The first-order valence-electron chi connectivity index (χ1n) is 9.29. The Bertz CT molecular complexity index is 806. The zero-order valence-electron chi connectivity index (χ0n) is 17.1. The second kappa shape index (κ2) is 11.6. The predicted octanol–water partition coefficient (Wildman–Crippen LogP) is 4.18. The van der Waals surface area contributed by atoms with Crippen LogP contribution in [0.2, 0.25) is 5.02 Å². The van der Waals surface area contributed by atoms with Gasteiger partial charge in [-0.25, -0.2) is 4.39 Å². The molecular weight excluding hydrogens is 492 g/mol. The Labute approximate surface area is 189 Å². The molecule has 0 saturated heterocycles. The number of benzene rings is 1. The number of hydrogen-bond acceptors (Lipinski definition) is 2. The monoisotopic (exact) mass is 521 g/mol. The van der Waals surface area contributed by atoms with Gasteiger partial charge >= 0.3 is 0 Å². The number of aliphatic imine (C=N–C) groups is 1. The molecule has 0 aliphatic heterocycles. The van der Waals surface area contributed by atoms with E-state index in [4.69, 9.17) is 11.6 Å². The smallest absolute Gasteiger partial charge is 0.191 e. The summed E-state index contributed by atoms with van der Waals surface area (Å²) in [5, 5.41) is 11.6. The minimum absolute atomic E-state index is 0. The maximum absolute atomic E-state index is 13.1. The average molecular weight is 522 g/mol. The molecule has 1 atom stereocenters. The molecule has 0 fully saturated rings. The van der Waals surface area contributed by atoms with Gasteiger partial charge in [-0.1, -0.05) is 17.7 Å². The van der Waals surface area contributed by atoms with E-state index in [9.17, 15) is 4.39 Å². The van der Waals surface area contributed by atoms with Gasteiger partial charge < -0.3 is 10.6 Å². The van der Waals surface area contributed by atoms with E-state index in [2.05, 4.69) is 34.6 Å². The lowest BCUT2D eigenvalue weighted by molar-refractivity contribution is 0.626. The first-order valence-corrected chi connectivity index (χ1v) is 9.67. The largest absolute Gasteiger partial charge is 0.357 e. The third-order valence-electron chi connectivity index (χ3n) is 4.56. The van der Waals surface area contributed by atoms with Crippen LogP contribution in [-0.2, 0) is 19.9 Å². The van der Waals surface area contributed by atoms with Crippen LogP contribution >= 0.6 is 35.6 Å². The van der Waals surface area contributed by atoms with Crippen molar-refractivity contribution in [1.29, 1.82) is 0 Å². The van der Waals surface area contributed by atoms with Gasteiger partial charge in [0.15, 0.2) is 5.96 Å². The molecule has 28 heavy (non-hydrogen) atoms. The number of nitrogens with zero attached hydrogens (tertiary/aromatic N) is 3. The lowest BCUT2D eigenvalue weighted by Crippen LogP contribution is -2.43. The quantitative estimate of drug-likeness (QED) is 0.327. The van der Waals surface area contributed by atoms with Crippen molar-refractivity contribution in [2.75, 3.05) is 13.1 Å². The van der Waals surface area contributed by atoms with Crippen LogP contribution in [0.5, 0.6) is 0 Å². The van der Waals surface area contributed by atoms with Gasteiger partial charge in [-0.3, -0.25) is 9.67 Å². The number of hydrogen-bond donors (Lipinski definition) is 2. The highest BCUT2D eigenvalue weighted by Crippen LogP contribution is 2.18. The Morgan fingerprint density at radius 1 is 1.36 bits per heavy atom. The minimum atomic E-state index is -0.322. The molecule has 8 heteroatoms. The van der Waals surface area contributed by atoms with Crippen LogP contribution in [0.4, 0.5) is 4.39 Å². The normalized spacial score (nSPS) is 12.5. The summed E-state index contributed by atoms with van der Waals surface area (Å²) in [6, 6.07) is 4.68. The number of halogens is 3. The van der Waals surface area contributed by atoms with Crippen molar-refractivity contribution in [3.8, 4) is 0 Å². The lowest BCUT2D eigenvalue weighted by Gasteiger charge is -2.18. The third kappa shape index (κ3) is 6.92. The molecule has 1 aromatic heterocycles. The van der Waals surface area contributed by atoms with Crippen molar-refractivity contribution in [2.24, 2.45) is 12.0 Å². The van der Waals surface area contributed by atoms with Gasteiger partial charge in [-0.2, -0.15) is 5.10 Å². The maximum atomic E-state index is 13.1. The van der Waals surface area contributed by atoms with E-state index in [1.165, 1.54) is 23.4 Å². The first kappa shape index (κ1) is 24.7. The van der Waals surface area contributed by atoms with Crippen LogP contribution in [0.25, 0.3) is 0 Å². The number of guanidine groups is 1. The summed E-state index contributed by atoms with van der Waals surface area (Å²) < 4.78 is 15.1. The lowest BCUT2D eigenvalue weighted by atomic mass is 10.1. The van der Waals surface area contributed by atoms with Gasteiger partial charge in [0, 0.05) is 36.9 Å². The van der Waals surface area contributed by atoms with E-state index in [0.29, 0.717) is 18.0 Å². The van der Waals surface area contributed by atoms with Crippen LogP contribution in [-0.4, -0.2) is 34.9 Å². The number of aryl methyl sites for hydroxylation is 2. The molecular formula is C20H30ClFIN5. The fourth-order valence-corrected chi connectivity index (χ4v) is 3.30. The summed E-state index contributed by atoms with van der Waals surface area (Å²) in [6.45, 7) is 9.65. The Balaban J connectivity index is 0.00000392. The molecule has 0 aliphatic rings. The van der Waals surface area contributed by atoms with E-state index in [1.807, 2.05) is 25.6 Å². The van der Waals surface area contributed by atoms with Gasteiger partial charge in [0.1, 0.15) is 5.82 Å². The molecule has 0 amide bonds. The zero-order valence-corrected chi connectivity index (χ0v) is 20.2. The van der Waals surface area contributed by atoms with Gasteiger partial charge in [0.05, 0.1) is 5.69 Å². The number of rotatable bonds is 7. The average Bonchev–Trinajstić information content (AvgIpc) is 2.83. The molecule has 0 saturated carbocycles. The fourth-order valence-electron chi connectivity index (χ4n) is 3.04. The van der Waals surface area contributed by atoms with Crippen LogP contribution in [0.1, 0.15) is 36.4 Å². The van der Waals surface area contributed by atoms with E-state index >= 15 is 0 Å². The highest BCUT2D eigenvalue weighted by Gasteiger charge is 2.14. The highest BCUT2D eigenvalue weighted by molar-refractivity contribution is 14.0. The maximum Gasteiger partial charge on any atom is 0.191 e. The van der Waals surface area contributed by atoms with Gasteiger partial charge in [0.2, 0.25) is 0 Å². The summed E-state index contributed by atoms with van der Waals surface area (Å²) in [5.74, 6) is 0.444. The molecule has 1 heterocycles. The molecule has 2 aromatic rings. The topological polar surface area (TPSA) is 54.2 Å². The zero-order chi connectivity index (χ0) is 20.0. The summed E-state index contributed by atoms with van der Waals surface area (Å²) in [5.41, 5.74) is 4.42. The second-order valence-electron chi connectivity index (χ2n) is 6.77. The summed E-state index contributed by atoms with van der Waals surface area (Å²) in [4.78, 5) is 4.63. The summed E-state index contributed by atoms with van der Waals surface area (Å²) >= 11 is 6.08. The molecule has 1 aromatic carbocycles. The first-order chi connectivity index (χ1) is 12.8. The van der Waals surface area contributed by atoms with E-state index in [0.717, 1.165) is 30.2 Å². The standard InChI is InChI=1S/C20H29ClFN5.HI/c1-6-23-20(24-10-9-16-7-8-17(22)12-19(16)21)25-13(2)11-18-14(3)26-27(5)15(18)4;/h7-8,12-13H,6,9-11H2,1-5H3,(H2,23,24,25);1H. The Morgan fingerprint density at radius 2 is 2.07 bits per heavy atom. The SMILES string of the molecule is CCNC(=NCCc1ccc(F)cc1Cl)NC(C)Cc1c(C)nn(C)c1C.I. The van der Waals surface area contributed by atoms with Gasteiger partial charge in [0.25, 0.3) is 0 Å². The Morgan fingerprint density at radius 3 is 2.64 bits per heavy atom. The second-order valence-corrected chi connectivity index (χ2v) is 7.18. The minimum Gasteiger partial charge on any atom is -0.357 e.